The van der Waals surface area contributed by atoms with Gasteiger partial charge in [-0.25, -0.2) is 0 Å². The van der Waals surface area contributed by atoms with Gasteiger partial charge in [0.25, 0.3) is 0 Å². The SMILES string of the molecule is COC/C=C/c1cc(OC)c(CC(C)N)cc1OC. The first-order valence-electron chi connectivity index (χ1n) is 6.28. The van der Waals surface area contributed by atoms with Crippen molar-refractivity contribution in [3.8, 4) is 11.5 Å². The summed E-state index contributed by atoms with van der Waals surface area (Å²) < 4.78 is 15.8. The molecule has 1 atom stereocenters. The van der Waals surface area contributed by atoms with Crippen molar-refractivity contribution in [1.82, 2.24) is 0 Å². The van der Waals surface area contributed by atoms with Crippen LogP contribution in [0.2, 0.25) is 0 Å². The van der Waals surface area contributed by atoms with Crippen molar-refractivity contribution < 1.29 is 14.2 Å². The zero-order valence-corrected chi connectivity index (χ0v) is 12.1. The molecular weight excluding hydrogens is 242 g/mol. The zero-order valence-electron chi connectivity index (χ0n) is 12.1. The van der Waals surface area contributed by atoms with E-state index in [1.54, 1.807) is 21.3 Å². The van der Waals surface area contributed by atoms with Crippen LogP contribution in [0.1, 0.15) is 18.1 Å². The molecule has 0 aliphatic carbocycles. The van der Waals surface area contributed by atoms with Gasteiger partial charge < -0.3 is 19.9 Å². The van der Waals surface area contributed by atoms with Crippen molar-refractivity contribution in [2.45, 2.75) is 19.4 Å². The molecule has 19 heavy (non-hydrogen) atoms. The van der Waals surface area contributed by atoms with Gasteiger partial charge in [-0.2, -0.15) is 0 Å². The highest BCUT2D eigenvalue weighted by Crippen LogP contribution is 2.30. The molecule has 2 N–H and O–H groups in total. The topological polar surface area (TPSA) is 53.7 Å². The summed E-state index contributed by atoms with van der Waals surface area (Å²) in [7, 11) is 4.98. The molecule has 106 valence electrons. The van der Waals surface area contributed by atoms with Crippen molar-refractivity contribution >= 4 is 6.08 Å². The van der Waals surface area contributed by atoms with Gasteiger partial charge in [0.15, 0.2) is 0 Å². The standard InChI is InChI=1S/C15H23NO3/c1-11(16)8-13-10-14(18-3)12(6-5-7-17-2)9-15(13)19-4/h5-6,9-11H,7-8,16H2,1-4H3/b6-5+. The van der Waals surface area contributed by atoms with Crippen LogP contribution in [-0.4, -0.2) is 34.0 Å². The van der Waals surface area contributed by atoms with Gasteiger partial charge in [-0.15, -0.1) is 0 Å². The second-order valence-corrected chi connectivity index (χ2v) is 4.45. The van der Waals surface area contributed by atoms with Gasteiger partial charge in [0, 0.05) is 18.7 Å². The maximum atomic E-state index is 5.85. The van der Waals surface area contributed by atoms with Gasteiger partial charge in [0.2, 0.25) is 0 Å². The first-order valence-corrected chi connectivity index (χ1v) is 6.28. The van der Waals surface area contributed by atoms with Crippen LogP contribution in [0.3, 0.4) is 0 Å². The van der Waals surface area contributed by atoms with Crippen molar-refractivity contribution in [3.05, 3.63) is 29.3 Å². The lowest BCUT2D eigenvalue weighted by molar-refractivity contribution is 0.234. The first-order chi connectivity index (χ1) is 9.12. The molecule has 0 bridgehead atoms. The first kappa shape index (κ1) is 15.5. The van der Waals surface area contributed by atoms with Crippen molar-refractivity contribution in [1.29, 1.82) is 0 Å². The smallest absolute Gasteiger partial charge is 0.126 e. The fourth-order valence-electron chi connectivity index (χ4n) is 1.89. The van der Waals surface area contributed by atoms with Crippen LogP contribution in [0.25, 0.3) is 6.08 Å². The minimum Gasteiger partial charge on any atom is -0.496 e. The summed E-state index contributed by atoms with van der Waals surface area (Å²) in [5.74, 6) is 1.64. The number of methoxy groups -OCH3 is 3. The predicted octanol–water partition coefficient (Wildman–Crippen LogP) is 2.25. The molecule has 0 amide bonds. The summed E-state index contributed by atoms with van der Waals surface area (Å²) in [6.07, 6.45) is 4.64. The molecule has 1 rings (SSSR count). The lowest BCUT2D eigenvalue weighted by Crippen LogP contribution is -2.18. The average Bonchev–Trinajstić information content (AvgIpc) is 2.39. The van der Waals surface area contributed by atoms with Crippen LogP contribution in [0.5, 0.6) is 11.5 Å². The van der Waals surface area contributed by atoms with Crippen LogP contribution in [0, 0.1) is 0 Å². The van der Waals surface area contributed by atoms with Gasteiger partial charge in [-0.1, -0.05) is 12.2 Å². The molecule has 0 spiro atoms. The van der Waals surface area contributed by atoms with E-state index in [4.69, 9.17) is 19.9 Å². The summed E-state index contributed by atoms with van der Waals surface area (Å²) in [5, 5.41) is 0. The van der Waals surface area contributed by atoms with Crippen molar-refractivity contribution in [3.63, 3.8) is 0 Å². The molecule has 0 saturated heterocycles. The van der Waals surface area contributed by atoms with Crippen LogP contribution in [0.15, 0.2) is 18.2 Å². The van der Waals surface area contributed by atoms with E-state index in [1.165, 1.54) is 0 Å². The molecule has 0 fully saturated rings. The number of rotatable bonds is 7. The number of hydrogen-bond acceptors (Lipinski definition) is 4. The molecule has 4 nitrogen and oxygen atoms in total. The largest absolute Gasteiger partial charge is 0.496 e. The van der Waals surface area contributed by atoms with Crippen LogP contribution in [0.4, 0.5) is 0 Å². The molecule has 1 aromatic rings. The molecule has 4 heteroatoms. The van der Waals surface area contributed by atoms with Gasteiger partial charge in [0.1, 0.15) is 11.5 Å². The maximum Gasteiger partial charge on any atom is 0.126 e. The van der Waals surface area contributed by atoms with E-state index in [-0.39, 0.29) is 6.04 Å². The number of ether oxygens (including phenoxy) is 3. The highest BCUT2D eigenvalue weighted by molar-refractivity contribution is 5.61. The molecule has 1 unspecified atom stereocenters. The van der Waals surface area contributed by atoms with Crippen LogP contribution >= 0.6 is 0 Å². The fraction of sp³-hybridized carbons (Fsp3) is 0.467. The van der Waals surface area contributed by atoms with E-state index in [0.29, 0.717) is 6.61 Å². The van der Waals surface area contributed by atoms with Gasteiger partial charge >= 0.3 is 0 Å². The van der Waals surface area contributed by atoms with Crippen LogP contribution < -0.4 is 15.2 Å². The van der Waals surface area contributed by atoms with Gasteiger partial charge in [-0.05, 0) is 31.0 Å². The normalized spacial score (nSPS) is 12.7. The molecule has 0 saturated carbocycles. The quantitative estimate of drug-likeness (QED) is 0.821. The Morgan fingerprint density at radius 2 is 1.84 bits per heavy atom. The lowest BCUT2D eigenvalue weighted by atomic mass is 10.0. The molecule has 1 aromatic carbocycles. The minimum absolute atomic E-state index is 0.0773. The monoisotopic (exact) mass is 265 g/mol. The summed E-state index contributed by atoms with van der Waals surface area (Å²) >= 11 is 0. The van der Waals surface area contributed by atoms with Crippen molar-refractivity contribution in [2.24, 2.45) is 5.73 Å². The number of benzene rings is 1. The Kier molecular flexibility index (Phi) is 6.39. The molecule has 0 heterocycles. The van der Waals surface area contributed by atoms with E-state index in [0.717, 1.165) is 29.0 Å². The van der Waals surface area contributed by atoms with Crippen molar-refractivity contribution in [2.75, 3.05) is 27.9 Å². The van der Waals surface area contributed by atoms with E-state index in [1.807, 2.05) is 31.2 Å². The summed E-state index contributed by atoms with van der Waals surface area (Å²) in [6.45, 7) is 2.53. The Morgan fingerprint density at radius 3 is 2.37 bits per heavy atom. The Bertz CT molecular complexity index is 428. The molecule has 0 aromatic heterocycles. The minimum atomic E-state index is 0.0773. The van der Waals surface area contributed by atoms with Gasteiger partial charge in [0.05, 0.1) is 20.8 Å². The fourth-order valence-corrected chi connectivity index (χ4v) is 1.89. The summed E-state index contributed by atoms with van der Waals surface area (Å²) in [4.78, 5) is 0. The summed E-state index contributed by atoms with van der Waals surface area (Å²) in [6, 6.07) is 4.02. The predicted molar refractivity (Wildman–Crippen MR) is 77.8 cm³/mol. The third-order valence-electron chi connectivity index (χ3n) is 2.73. The van der Waals surface area contributed by atoms with Crippen LogP contribution in [-0.2, 0) is 11.2 Å². The Balaban J connectivity index is 3.11. The Hall–Kier alpha value is -1.52. The molecule has 0 radical (unpaired) electrons. The third kappa shape index (κ3) is 4.58. The second-order valence-electron chi connectivity index (χ2n) is 4.45. The highest BCUT2D eigenvalue weighted by Gasteiger charge is 2.11. The van der Waals surface area contributed by atoms with E-state index in [2.05, 4.69) is 0 Å². The average molecular weight is 265 g/mol. The van der Waals surface area contributed by atoms with Gasteiger partial charge in [-0.3, -0.25) is 0 Å². The number of nitrogens with two attached hydrogens (primary N) is 1. The summed E-state index contributed by atoms with van der Waals surface area (Å²) in [5.41, 5.74) is 7.87. The second kappa shape index (κ2) is 7.81. The lowest BCUT2D eigenvalue weighted by Gasteiger charge is -2.14. The Morgan fingerprint density at radius 1 is 1.16 bits per heavy atom. The third-order valence-corrected chi connectivity index (χ3v) is 2.73. The zero-order chi connectivity index (χ0) is 14.3. The highest BCUT2D eigenvalue weighted by atomic mass is 16.5. The van der Waals surface area contributed by atoms with E-state index < -0.39 is 0 Å². The molecular formula is C15H23NO3. The van der Waals surface area contributed by atoms with E-state index in [9.17, 15) is 0 Å². The Labute approximate surface area is 115 Å². The maximum absolute atomic E-state index is 5.85. The van der Waals surface area contributed by atoms with E-state index >= 15 is 0 Å². The number of hydrogen-bond donors (Lipinski definition) is 1. The molecule has 0 aliphatic rings. The molecule has 0 aliphatic heterocycles.